The smallest absolute Gasteiger partial charge is 0.232 e. The van der Waals surface area contributed by atoms with E-state index in [1.807, 2.05) is 37.3 Å². The van der Waals surface area contributed by atoms with Crippen LogP contribution in [-0.2, 0) is 0 Å². The molecule has 2 aromatic rings. The number of anilines is 3. The van der Waals surface area contributed by atoms with Gasteiger partial charge in [0.05, 0.1) is 12.1 Å². The molecule has 0 bridgehead atoms. The van der Waals surface area contributed by atoms with Crippen molar-refractivity contribution in [3.8, 4) is 0 Å². The number of aliphatic hydroxyl groups is 1. The Kier molecular flexibility index (Phi) is 5.45. The van der Waals surface area contributed by atoms with Crippen molar-refractivity contribution in [2.24, 2.45) is 5.92 Å². The van der Waals surface area contributed by atoms with Crippen molar-refractivity contribution in [1.82, 2.24) is 19.9 Å². The van der Waals surface area contributed by atoms with Gasteiger partial charge in [0.1, 0.15) is 0 Å². The maximum absolute atomic E-state index is 9.76. The number of hydrogen-bond donors (Lipinski definition) is 3. The lowest BCUT2D eigenvalue weighted by atomic mass is 9.91. The first-order valence-corrected chi connectivity index (χ1v) is 8.78. The van der Waals surface area contributed by atoms with E-state index in [-0.39, 0.29) is 18.1 Å². The van der Waals surface area contributed by atoms with Crippen molar-refractivity contribution in [2.45, 2.75) is 38.8 Å². The van der Waals surface area contributed by atoms with E-state index in [1.54, 1.807) is 0 Å². The molecule has 7 nitrogen and oxygen atoms in total. The molecule has 3 rings (SSSR count). The highest BCUT2D eigenvalue weighted by Crippen LogP contribution is 2.27. The fourth-order valence-corrected chi connectivity index (χ4v) is 3.26. The molecule has 1 aliphatic rings. The summed E-state index contributed by atoms with van der Waals surface area (Å²) in [4.78, 5) is 15.4. The molecule has 1 fully saturated rings. The molecule has 0 amide bonds. The number of piperidine rings is 1. The van der Waals surface area contributed by atoms with Gasteiger partial charge in [0.2, 0.25) is 11.9 Å². The number of benzene rings is 1. The maximum atomic E-state index is 9.76. The van der Waals surface area contributed by atoms with Crippen LogP contribution in [0.25, 0.3) is 0 Å². The third kappa shape index (κ3) is 4.43. The van der Waals surface area contributed by atoms with Crippen molar-refractivity contribution in [3.05, 3.63) is 36.2 Å². The number of rotatable bonds is 5. The number of nitrogens with two attached hydrogens (primary N) is 1. The molecule has 2 unspecified atom stereocenters. The van der Waals surface area contributed by atoms with E-state index in [0.717, 1.165) is 31.6 Å². The lowest BCUT2D eigenvalue weighted by molar-refractivity contribution is 0.0571. The summed E-state index contributed by atoms with van der Waals surface area (Å²) < 4.78 is 0. The highest BCUT2D eigenvalue weighted by atomic mass is 16.3. The summed E-state index contributed by atoms with van der Waals surface area (Å²) in [6, 6.07) is 9.80. The summed E-state index contributed by atoms with van der Waals surface area (Å²) in [7, 11) is 0. The summed E-state index contributed by atoms with van der Waals surface area (Å²) in [5.41, 5.74) is 6.80. The molecule has 0 radical (unpaired) electrons. The topological polar surface area (TPSA) is 100 Å². The lowest BCUT2D eigenvalue weighted by Gasteiger charge is -2.36. The molecule has 4 N–H and O–H groups in total. The summed E-state index contributed by atoms with van der Waals surface area (Å²) in [5.74, 6) is 1.72. The zero-order valence-corrected chi connectivity index (χ0v) is 14.8. The van der Waals surface area contributed by atoms with Crippen molar-refractivity contribution in [3.63, 3.8) is 0 Å². The Hall–Kier alpha value is -2.25. The molecule has 0 saturated carbocycles. The van der Waals surface area contributed by atoms with Crippen LogP contribution in [0.4, 0.5) is 17.6 Å². The average molecular weight is 342 g/mol. The Balaban J connectivity index is 1.71. The van der Waals surface area contributed by atoms with Crippen molar-refractivity contribution in [1.29, 1.82) is 0 Å². The van der Waals surface area contributed by atoms with Gasteiger partial charge in [-0.3, -0.25) is 4.90 Å². The Morgan fingerprint density at radius 3 is 2.44 bits per heavy atom. The number of aliphatic hydroxyl groups excluding tert-OH is 1. The number of nitrogens with one attached hydrogen (secondary N) is 1. The average Bonchev–Trinajstić information content (AvgIpc) is 2.61. The molecular weight excluding hydrogens is 316 g/mol. The van der Waals surface area contributed by atoms with Gasteiger partial charge in [0.25, 0.3) is 0 Å². The van der Waals surface area contributed by atoms with Gasteiger partial charge in [-0.2, -0.15) is 15.0 Å². The predicted molar refractivity (Wildman–Crippen MR) is 98.4 cm³/mol. The van der Waals surface area contributed by atoms with Crippen LogP contribution in [0, 0.1) is 5.92 Å². The van der Waals surface area contributed by atoms with Crippen LogP contribution in [0.3, 0.4) is 0 Å². The van der Waals surface area contributed by atoms with Crippen molar-refractivity contribution < 1.29 is 5.11 Å². The molecule has 2 atom stereocenters. The fourth-order valence-electron chi connectivity index (χ4n) is 3.26. The first-order valence-electron chi connectivity index (χ1n) is 8.78. The molecule has 1 aromatic carbocycles. The van der Waals surface area contributed by atoms with Crippen LogP contribution >= 0.6 is 0 Å². The second kappa shape index (κ2) is 7.76. The Labute approximate surface area is 148 Å². The monoisotopic (exact) mass is 342 g/mol. The first-order chi connectivity index (χ1) is 12.0. The quantitative estimate of drug-likeness (QED) is 0.767. The zero-order chi connectivity index (χ0) is 17.8. The summed E-state index contributed by atoms with van der Waals surface area (Å²) >= 11 is 0. The van der Waals surface area contributed by atoms with E-state index in [0.29, 0.717) is 17.7 Å². The van der Waals surface area contributed by atoms with Gasteiger partial charge in [-0.15, -0.1) is 0 Å². The summed E-state index contributed by atoms with van der Waals surface area (Å²) in [5, 5.41) is 12.9. The van der Waals surface area contributed by atoms with E-state index < -0.39 is 0 Å². The molecule has 1 saturated heterocycles. The van der Waals surface area contributed by atoms with Gasteiger partial charge in [0, 0.05) is 5.69 Å². The van der Waals surface area contributed by atoms with Crippen LogP contribution in [0.15, 0.2) is 30.3 Å². The summed E-state index contributed by atoms with van der Waals surface area (Å²) in [6.07, 6.45) is 1.72. The third-order valence-electron chi connectivity index (χ3n) is 4.88. The molecular formula is C18H26N6O. The van der Waals surface area contributed by atoms with Gasteiger partial charge >= 0.3 is 0 Å². The Morgan fingerprint density at radius 2 is 1.80 bits per heavy atom. The van der Waals surface area contributed by atoms with E-state index in [2.05, 4.69) is 32.1 Å². The number of hydrogen-bond acceptors (Lipinski definition) is 7. The maximum Gasteiger partial charge on any atom is 0.232 e. The predicted octanol–water partition coefficient (Wildman–Crippen LogP) is 2.35. The second-order valence-electron chi connectivity index (χ2n) is 6.66. The fraction of sp³-hybridized carbons (Fsp3) is 0.500. The van der Waals surface area contributed by atoms with E-state index in [1.165, 1.54) is 0 Å². The van der Waals surface area contributed by atoms with Gasteiger partial charge < -0.3 is 16.2 Å². The molecule has 25 heavy (non-hydrogen) atoms. The van der Waals surface area contributed by atoms with Gasteiger partial charge in [-0.25, -0.2) is 0 Å². The Bertz CT molecular complexity index is 685. The van der Waals surface area contributed by atoms with Gasteiger partial charge in [0.15, 0.2) is 5.82 Å². The number of likely N-dealkylation sites (tertiary alicyclic amines) is 1. The van der Waals surface area contributed by atoms with Crippen molar-refractivity contribution in [2.75, 3.05) is 24.1 Å². The summed E-state index contributed by atoms with van der Waals surface area (Å²) in [6.45, 7) is 5.80. The first kappa shape index (κ1) is 17.6. The number of nitrogen functional groups attached to an aromatic ring is 1. The van der Waals surface area contributed by atoms with Crippen molar-refractivity contribution >= 4 is 17.6 Å². The largest absolute Gasteiger partial charge is 0.393 e. The van der Waals surface area contributed by atoms with Crippen LogP contribution in [-0.4, -0.2) is 44.2 Å². The molecule has 2 heterocycles. The number of nitrogens with zero attached hydrogens (tertiary/aromatic N) is 4. The molecule has 1 aromatic heterocycles. The van der Waals surface area contributed by atoms with Gasteiger partial charge in [-0.05, 0) is 57.8 Å². The third-order valence-corrected chi connectivity index (χ3v) is 4.88. The lowest BCUT2D eigenvalue weighted by Crippen LogP contribution is -2.39. The van der Waals surface area contributed by atoms with E-state index >= 15 is 0 Å². The van der Waals surface area contributed by atoms with Gasteiger partial charge in [-0.1, -0.05) is 18.2 Å². The highest BCUT2D eigenvalue weighted by molar-refractivity contribution is 5.53. The zero-order valence-electron chi connectivity index (χ0n) is 14.8. The normalized spacial score (nSPS) is 18.7. The second-order valence-corrected chi connectivity index (χ2v) is 6.66. The SMILES string of the molecule is CC(O)C1CCN(C(C)c2nc(N)nc(Nc3ccccc3)n2)CC1. The molecule has 0 aliphatic carbocycles. The minimum Gasteiger partial charge on any atom is -0.393 e. The minimum atomic E-state index is -0.244. The highest BCUT2D eigenvalue weighted by Gasteiger charge is 2.27. The van der Waals surface area contributed by atoms with E-state index in [9.17, 15) is 5.11 Å². The van der Waals surface area contributed by atoms with Crippen LogP contribution in [0.2, 0.25) is 0 Å². The minimum absolute atomic E-state index is 0.0524. The molecule has 134 valence electrons. The van der Waals surface area contributed by atoms with Crippen LogP contribution in [0.5, 0.6) is 0 Å². The van der Waals surface area contributed by atoms with Crippen LogP contribution < -0.4 is 11.1 Å². The molecule has 0 spiro atoms. The standard InChI is InChI=1S/C18H26N6O/c1-12(24-10-8-14(9-11-24)13(2)25)16-21-17(19)23-18(22-16)20-15-6-4-3-5-7-15/h3-7,12-14,25H,8-11H2,1-2H3,(H3,19,20,21,22,23). The number of para-hydroxylation sites is 1. The Morgan fingerprint density at radius 1 is 1.12 bits per heavy atom. The van der Waals surface area contributed by atoms with Crippen LogP contribution in [0.1, 0.15) is 38.6 Å². The number of aromatic nitrogens is 3. The molecule has 1 aliphatic heterocycles. The molecule has 7 heteroatoms. The van der Waals surface area contributed by atoms with E-state index in [4.69, 9.17) is 5.73 Å².